The molecule has 0 saturated carbocycles. The first-order valence-corrected chi connectivity index (χ1v) is 10.5. The van der Waals surface area contributed by atoms with Crippen molar-refractivity contribution in [2.75, 3.05) is 0 Å². The van der Waals surface area contributed by atoms with Crippen LogP contribution in [0, 0.1) is 0 Å². The summed E-state index contributed by atoms with van der Waals surface area (Å²) in [5, 5.41) is 7.31. The van der Waals surface area contributed by atoms with Gasteiger partial charge in [-0.1, -0.05) is 53.8 Å². The Balaban J connectivity index is 1.53. The molecular formula is C23H19N5OS. The van der Waals surface area contributed by atoms with Gasteiger partial charge in [0, 0.05) is 25.5 Å². The summed E-state index contributed by atoms with van der Waals surface area (Å²) in [4.78, 5) is 22.0. The average molecular weight is 414 g/mol. The van der Waals surface area contributed by atoms with Gasteiger partial charge >= 0.3 is 0 Å². The Morgan fingerprint density at radius 3 is 2.50 bits per heavy atom. The molecule has 0 spiro atoms. The fraction of sp³-hybridized carbons (Fsp3) is 0.0870. The SMILES string of the molecule is O=c1c(CNCc2ccncc2)c(-c2ccccc2)[nH]n1-c1nc2ccccc2s1. The lowest BCUT2D eigenvalue weighted by Gasteiger charge is -2.05. The van der Waals surface area contributed by atoms with Crippen molar-refractivity contribution in [1.29, 1.82) is 0 Å². The van der Waals surface area contributed by atoms with Gasteiger partial charge in [0.1, 0.15) is 0 Å². The van der Waals surface area contributed by atoms with E-state index < -0.39 is 0 Å². The summed E-state index contributed by atoms with van der Waals surface area (Å²) in [6.07, 6.45) is 3.53. The van der Waals surface area contributed by atoms with Crippen LogP contribution in [0.5, 0.6) is 0 Å². The van der Waals surface area contributed by atoms with Gasteiger partial charge in [-0.15, -0.1) is 0 Å². The molecule has 0 atom stereocenters. The number of aromatic amines is 1. The number of benzene rings is 2. The number of para-hydroxylation sites is 1. The lowest BCUT2D eigenvalue weighted by Crippen LogP contribution is -2.22. The van der Waals surface area contributed by atoms with E-state index in [-0.39, 0.29) is 5.56 Å². The molecular weight excluding hydrogens is 394 g/mol. The molecule has 0 saturated heterocycles. The largest absolute Gasteiger partial charge is 0.308 e. The van der Waals surface area contributed by atoms with Gasteiger partial charge in [-0.3, -0.25) is 14.9 Å². The molecule has 7 heteroatoms. The molecule has 6 nitrogen and oxygen atoms in total. The van der Waals surface area contributed by atoms with Gasteiger partial charge in [-0.25, -0.2) is 4.98 Å². The third-order valence-corrected chi connectivity index (χ3v) is 5.92. The average Bonchev–Trinajstić information content (AvgIpc) is 3.36. The van der Waals surface area contributed by atoms with Crippen molar-refractivity contribution in [3.05, 3.63) is 101 Å². The Bertz CT molecular complexity index is 1310. The zero-order chi connectivity index (χ0) is 20.3. The van der Waals surface area contributed by atoms with Crippen LogP contribution in [0.4, 0.5) is 0 Å². The van der Waals surface area contributed by atoms with E-state index in [9.17, 15) is 4.79 Å². The Morgan fingerprint density at radius 1 is 0.933 bits per heavy atom. The van der Waals surface area contributed by atoms with E-state index >= 15 is 0 Å². The predicted octanol–water partition coefficient (Wildman–Crippen LogP) is 4.13. The van der Waals surface area contributed by atoms with Crippen LogP contribution in [0.2, 0.25) is 0 Å². The van der Waals surface area contributed by atoms with Gasteiger partial charge in [0.15, 0.2) is 0 Å². The Kier molecular flexibility index (Phi) is 4.96. The number of hydrogen-bond donors (Lipinski definition) is 2. The second-order valence-corrected chi connectivity index (χ2v) is 7.90. The zero-order valence-electron chi connectivity index (χ0n) is 16.1. The van der Waals surface area contributed by atoms with Crippen LogP contribution in [0.3, 0.4) is 0 Å². The summed E-state index contributed by atoms with van der Waals surface area (Å²) in [6, 6.07) is 21.7. The van der Waals surface area contributed by atoms with Crippen molar-refractivity contribution in [1.82, 2.24) is 25.1 Å². The molecule has 0 fully saturated rings. The van der Waals surface area contributed by atoms with Crippen LogP contribution < -0.4 is 10.9 Å². The topological polar surface area (TPSA) is 75.6 Å². The van der Waals surface area contributed by atoms with E-state index in [0.717, 1.165) is 27.0 Å². The van der Waals surface area contributed by atoms with E-state index in [1.54, 1.807) is 17.1 Å². The minimum Gasteiger partial charge on any atom is -0.308 e. The zero-order valence-corrected chi connectivity index (χ0v) is 16.9. The number of nitrogens with one attached hydrogen (secondary N) is 2. The molecule has 2 N–H and O–H groups in total. The van der Waals surface area contributed by atoms with E-state index in [4.69, 9.17) is 0 Å². The van der Waals surface area contributed by atoms with Gasteiger partial charge < -0.3 is 5.32 Å². The Hall–Kier alpha value is -3.55. The molecule has 2 aromatic carbocycles. The van der Waals surface area contributed by atoms with Crippen LogP contribution in [-0.2, 0) is 13.1 Å². The van der Waals surface area contributed by atoms with Gasteiger partial charge in [0.2, 0.25) is 5.13 Å². The highest BCUT2D eigenvalue weighted by Crippen LogP contribution is 2.26. The molecule has 0 bridgehead atoms. The van der Waals surface area contributed by atoms with Crippen molar-refractivity contribution < 1.29 is 0 Å². The maximum absolute atomic E-state index is 13.3. The number of H-pyrrole nitrogens is 1. The minimum absolute atomic E-state index is 0.0878. The monoisotopic (exact) mass is 413 g/mol. The molecule has 0 unspecified atom stereocenters. The lowest BCUT2D eigenvalue weighted by molar-refractivity contribution is 0.689. The second kappa shape index (κ2) is 8.06. The summed E-state index contributed by atoms with van der Waals surface area (Å²) in [6.45, 7) is 1.10. The lowest BCUT2D eigenvalue weighted by atomic mass is 10.1. The van der Waals surface area contributed by atoms with Crippen LogP contribution in [0.25, 0.3) is 26.6 Å². The standard InChI is InChI=1S/C23H19N5OS/c29-22-18(15-25-14-16-10-12-24-13-11-16)21(17-6-2-1-3-7-17)27-28(22)23-26-19-8-4-5-9-20(19)30-23/h1-13,25,27H,14-15H2. The fourth-order valence-corrected chi connectivity index (χ4v) is 4.33. The van der Waals surface area contributed by atoms with Crippen molar-refractivity contribution in [3.8, 4) is 16.4 Å². The highest BCUT2D eigenvalue weighted by atomic mass is 32.1. The molecule has 5 aromatic rings. The maximum Gasteiger partial charge on any atom is 0.278 e. The van der Waals surface area contributed by atoms with Crippen LogP contribution in [0.1, 0.15) is 11.1 Å². The highest BCUT2D eigenvalue weighted by Gasteiger charge is 2.18. The predicted molar refractivity (Wildman–Crippen MR) is 120 cm³/mol. The third kappa shape index (κ3) is 3.56. The highest BCUT2D eigenvalue weighted by molar-refractivity contribution is 7.20. The normalized spacial score (nSPS) is 11.2. The number of fused-ring (bicyclic) bond motifs is 1. The summed E-state index contributed by atoms with van der Waals surface area (Å²) in [7, 11) is 0. The first-order valence-electron chi connectivity index (χ1n) is 9.64. The molecule has 0 aliphatic heterocycles. The van der Waals surface area contributed by atoms with Crippen molar-refractivity contribution in [2.24, 2.45) is 0 Å². The molecule has 3 aromatic heterocycles. The van der Waals surface area contributed by atoms with Gasteiger partial charge in [-0.05, 0) is 35.4 Å². The van der Waals surface area contributed by atoms with Crippen LogP contribution in [0.15, 0.2) is 83.9 Å². The molecule has 148 valence electrons. The van der Waals surface area contributed by atoms with E-state index in [1.807, 2.05) is 66.7 Å². The van der Waals surface area contributed by atoms with Crippen LogP contribution >= 0.6 is 11.3 Å². The van der Waals surface area contributed by atoms with E-state index in [0.29, 0.717) is 23.8 Å². The molecule has 0 aliphatic rings. The molecule has 0 radical (unpaired) electrons. The smallest absolute Gasteiger partial charge is 0.278 e. The van der Waals surface area contributed by atoms with Crippen molar-refractivity contribution in [2.45, 2.75) is 13.1 Å². The third-order valence-electron chi connectivity index (χ3n) is 4.90. The quantitative estimate of drug-likeness (QED) is 0.439. The molecule has 5 rings (SSSR count). The Labute approximate surface area is 176 Å². The number of rotatable bonds is 6. The molecule has 0 aliphatic carbocycles. The summed E-state index contributed by atoms with van der Waals surface area (Å²) in [5.41, 5.74) is 4.38. The number of thiazole rings is 1. The van der Waals surface area contributed by atoms with E-state index in [2.05, 4.69) is 20.4 Å². The molecule has 0 amide bonds. The van der Waals surface area contributed by atoms with Gasteiger partial charge in [0.25, 0.3) is 5.56 Å². The first-order chi connectivity index (χ1) is 14.8. The number of nitrogens with zero attached hydrogens (tertiary/aromatic N) is 3. The number of hydrogen-bond acceptors (Lipinski definition) is 5. The minimum atomic E-state index is -0.0878. The Morgan fingerprint density at radius 2 is 1.70 bits per heavy atom. The first kappa shape index (κ1) is 18.5. The summed E-state index contributed by atoms with van der Waals surface area (Å²) in [5.74, 6) is 0. The van der Waals surface area contributed by atoms with Crippen molar-refractivity contribution >= 4 is 21.6 Å². The number of aromatic nitrogens is 4. The van der Waals surface area contributed by atoms with Gasteiger partial charge in [0.05, 0.1) is 21.5 Å². The second-order valence-electron chi connectivity index (χ2n) is 6.90. The summed E-state index contributed by atoms with van der Waals surface area (Å²) >= 11 is 1.50. The molecule has 30 heavy (non-hydrogen) atoms. The molecule has 3 heterocycles. The number of pyridine rings is 1. The van der Waals surface area contributed by atoms with Crippen LogP contribution in [-0.4, -0.2) is 19.7 Å². The maximum atomic E-state index is 13.3. The summed E-state index contributed by atoms with van der Waals surface area (Å²) < 4.78 is 2.60. The van der Waals surface area contributed by atoms with Gasteiger partial charge in [-0.2, -0.15) is 4.68 Å². The van der Waals surface area contributed by atoms with Crippen molar-refractivity contribution in [3.63, 3.8) is 0 Å². The van der Waals surface area contributed by atoms with E-state index in [1.165, 1.54) is 11.3 Å². The fourth-order valence-electron chi connectivity index (χ4n) is 3.40.